The van der Waals surface area contributed by atoms with Gasteiger partial charge in [-0.05, 0) is 36.8 Å². The van der Waals surface area contributed by atoms with Gasteiger partial charge in [-0.1, -0.05) is 13.0 Å². The van der Waals surface area contributed by atoms with Crippen LogP contribution >= 0.6 is 0 Å². The van der Waals surface area contributed by atoms with Crippen molar-refractivity contribution >= 4 is 5.69 Å². The fraction of sp³-hybridized carbons (Fsp3) is 0.250. The molecule has 0 aliphatic carbocycles. The first-order chi connectivity index (χ1) is 10.4. The molecule has 0 fully saturated rings. The third-order valence-corrected chi connectivity index (χ3v) is 3.33. The minimum atomic E-state index is 0.766. The van der Waals surface area contributed by atoms with E-state index in [1.807, 2.05) is 40.0 Å². The molecule has 3 aromatic rings. The van der Waals surface area contributed by atoms with Crippen molar-refractivity contribution in [3.05, 3.63) is 60.7 Å². The predicted octanol–water partition coefficient (Wildman–Crippen LogP) is 3.09. The Labute approximate surface area is 124 Å². The molecule has 0 aliphatic heterocycles. The average molecular weight is 281 g/mol. The van der Waals surface area contributed by atoms with Crippen molar-refractivity contribution in [2.24, 2.45) is 0 Å². The van der Waals surface area contributed by atoms with Gasteiger partial charge in [0.15, 0.2) is 0 Å². The summed E-state index contributed by atoms with van der Waals surface area (Å²) in [5.41, 5.74) is 3.32. The van der Waals surface area contributed by atoms with E-state index in [-0.39, 0.29) is 0 Å². The molecule has 1 N–H and O–H groups in total. The van der Waals surface area contributed by atoms with Crippen LogP contribution in [-0.4, -0.2) is 19.6 Å². The Morgan fingerprint density at radius 3 is 2.86 bits per heavy atom. The van der Waals surface area contributed by atoms with E-state index in [9.17, 15) is 0 Å². The molecule has 108 valence electrons. The lowest BCUT2D eigenvalue weighted by Gasteiger charge is -2.10. The maximum absolute atomic E-state index is 4.34. The number of nitrogens with zero attached hydrogens (tertiary/aromatic N) is 4. The van der Waals surface area contributed by atoms with Gasteiger partial charge in [0.2, 0.25) is 0 Å². The number of hydrogen-bond donors (Lipinski definition) is 1. The highest BCUT2D eigenvalue weighted by Gasteiger charge is 2.02. The van der Waals surface area contributed by atoms with Crippen LogP contribution in [0.1, 0.15) is 19.0 Å². The van der Waals surface area contributed by atoms with Gasteiger partial charge in [-0.2, -0.15) is 10.2 Å². The molecule has 0 radical (unpaired) electrons. The Morgan fingerprint density at radius 1 is 1.10 bits per heavy atom. The van der Waals surface area contributed by atoms with Gasteiger partial charge in [-0.25, -0.2) is 4.68 Å². The number of hydrogen-bond acceptors (Lipinski definition) is 3. The van der Waals surface area contributed by atoms with E-state index in [0.29, 0.717) is 0 Å². The van der Waals surface area contributed by atoms with E-state index < -0.39 is 0 Å². The summed E-state index contributed by atoms with van der Waals surface area (Å²) in [6, 6.07) is 12.2. The van der Waals surface area contributed by atoms with Crippen LogP contribution in [0.5, 0.6) is 0 Å². The molecular formula is C16H19N5. The van der Waals surface area contributed by atoms with Crippen molar-refractivity contribution in [2.45, 2.75) is 26.4 Å². The smallest absolute Gasteiger partial charge is 0.0666 e. The van der Waals surface area contributed by atoms with Crippen LogP contribution in [0.3, 0.4) is 0 Å². The Kier molecular flexibility index (Phi) is 4.00. The van der Waals surface area contributed by atoms with Gasteiger partial charge >= 0.3 is 0 Å². The summed E-state index contributed by atoms with van der Waals surface area (Å²) < 4.78 is 3.90. The molecule has 21 heavy (non-hydrogen) atoms. The molecule has 1 aromatic carbocycles. The summed E-state index contributed by atoms with van der Waals surface area (Å²) >= 11 is 0. The minimum absolute atomic E-state index is 0.766. The maximum Gasteiger partial charge on any atom is 0.0666 e. The summed E-state index contributed by atoms with van der Waals surface area (Å²) in [6.07, 6.45) is 6.66. The van der Waals surface area contributed by atoms with Crippen LogP contribution in [0.4, 0.5) is 5.69 Å². The lowest BCUT2D eigenvalue weighted by Crippen LogP contribution is -2.09. The SMILES string of the molecule is CCCn1nccc1CNc1cccc(-n2cccn2)c1. The molecule has 3 rings (SSSR count). The molecule has 0 bridgehead atoms. The van der Waals surface area contributed by atoms with E-state index in [0.717, 1.165) is 30.9 Å². The first-order valence-electron chi connectivity index (χ1n) is 7.21. The molecule has 0 amide bonds. The monoisotopic (exact) mass is 281 g/mol. The Hall–Kier alpha value is -2.56. The van der Waals surface area contributed by atoms with Gasteiger partial charge in [-0.3, -0.25) is 4.68 Å². The lowest BCUT2D eigenvalue weighted by atomic mass is 10.2. The van der Waals surface area contributed by atoms with Gasteiger partial charge in [-0.15, -0.1) is 0 Å². The van der Waals surface area contributed by atoms with Gasteiger partial charge in [0.1, 0.15) is 0 Å². The van der Waals surface area contributed by atoms with Crippen LogP contribution < -0.4 is 5.32 Å². The number of benzene rings is 1. The van der Waals surface area contributed by atoms with Crippen LogP contribution in [0, 0.1) is 0 Å². The zero-order chi connectivity index (χ0) is 14.5. The third-order valence-electron chi connectivity index (χ3n) is 3.33. The Balaban J connectivity index is 1.71. The first-order valence-corrected chi connectivity index (χ1v) is 7.21. The molecule has 5 nitrogen and oxygen atoms in total. The number of rotatable bonds is 6. The van der Waals surface area contributed by atoms with Crippen molar-refractivity contribution < 1.29 is 0 Å². The molecule has 0 saturated heterocycles. The molecular weight excluding hydrogens is 262 g/mol. The van der Waals surface area contributed by atoms with E-state index in [2.05, 4.69) is 40.6 Å². The van der Waals surface area contributed by atoms with E-state index in [1.54, 1.807) is 6.20 Å². The number of anilines is 1. The van der Waals surface area contributed by atoms with Crippen LogP contribution in [0.15, 0.2) is 55.0 Å². The van der Waals surface area contributed by atoms with E-state index in [4.69, 9.17) is 0 Å². The standard InChI is InChI=1S/C16H19N5/c1-2-10-20-16(7-9-19-20)13-17-14-5-3-6-15(12-14)21-11-4-8-18-21/h3-9,11-12,17H,2,10,13H2,1H3. The maximum atomic E-state index is 4.34. The fourth-order valence-corrected chi connectivity index (χ4v) is 2.30. The van der Waals surface area contributed by atoms with E-state index >= 15 is 0 Å². The summed E-state index contributed by atoms with van der Waals surface area (Å²) in [5, 5.41) is 12.0. The highest BCUT2D eigenvalue weighted by Crippen LogP contribution is 2.15. The normalized spacial score (nSPS) is 10.7. The molecule has 2 heterocycles. The van der Waals surface area contributed by atoms with Crippen molar-refractivity contribution in [2.75, 3.05) is 5.32 Å². The minimum Gasteiger partial charge on any atom is -0.379 e. The third kappa shape index (κ3) is 3.13. The van der Waals surface area contributed by atoms with Crippen molar-refractivity contribution in [1.82, 2.24) is 19.6 Å². The van der Waals surface area contributed by atoms with Gasteiger partial charge < -0.3 is 5.32 Å². The highest BCUT2D eigenvalue weighted by atomic mass is 15.3. The number of aromatic nitrogens is 4. The molecule has 0 spiro atoms. The summed E-state index contributed by atoms with van der Waals surface area (Å²) in [5.74, 6) is 0. The van der Waals surface area contributed by atoms with Crippen molar-refractivity contribution in [1.29, 1.82) is 0 Å². The average Bonchev–Trinajstić information content (AvgIpc) is 3.18. The molecule has 0 unspecified atom stereocenters. The second-order valence-corrected chi connectivity index (χ2v) is 4.90. The summed E-state index contributed by atoms with van der Waals surface area (Å²) in [7, 11) is 0. The van der Waals surface area contributed by atoms with Crippen LogP contribution in [0.25, 0.3) is 5.69 Å². The quantitative estimate of drug-likeness (QED) is 0.755. The highest BCUT2D eigenvalue weighted by molar-refractivity contribution is 5.50. The Bertz CT molecular complexity index is 684. The Morgan fingerprint density at radius 2 is 2.05 bits per heavy atom. The molecule has 5 heteroatoms. The lowest BCUT2D eigenvalue weighted by molar-refractivity contribution is 0.578. The summed E-state index contributed by atoms with van der Waals surface area (Å²) in [4.78, 5) is 0. The molecule has 0 saturated carbocycles. The van der Waals surface area contributed by atoms with Gasteiger partial charge in [0, 0.05) is 30.8 Å². The largest absolute Gasteiger partial charge is 0.379 e. The molecule has 2 aromatic heterocycles. The summed E-state index contributed by atoms with van der Waals surface area (Å²) in [6.45, 7) is 3.88. The number of aryl methyl sites for hydroxylation is 1. The first kappa shape index (κ1) is 13.4. The van der Waals surface area contributed by atoms with Gasteiger partial charge in [0.05, 0.1) is 17.9 Å². The van der Waals surface area contributed by atoms with Crippen LogP contribution in [-0.2, 0) is 13.1 Å². The second kappa shape index (κ2) is 6.26. The fourth-order valence-electron chi connectivity index (χ4n) is 2.30. The van der Waals surface area contributed by atoms with Crippen molar-refractivity contribution in [3.63, 3.8) is 0 Å². The van der Waals surface area contributed by atoms with Crippen LogP contribution in [0.2, 0.25) is 0 Å². The zero-order valence-electron chi connectivity index (χ0n) is 12.1. The predicted molar refractivity (Wildman–Crippen MR) is 83.4 cm³/mol. The molecule has 0 aliphatic rings. The van der Waals surface area contributed by atoms with Crippen molar-refractivity contribution in [3.8, 4) is 5.69 Å². The number of nitrogens with one attached hydrogen (secondary N) is 1. The van der Waals surface area contributed by atoms with E-state index in [1.165, 1.54) is 5.69 Å². The topological polar surface area (TPSA) is 47.7 Å². The second-order valence-electron chi connectivity index (χ2n) is 4.90. The zero-order valence-corrected chi connectivity index (χ0v) is 12.1. The van der Waals surface area contributed by atoms with Gasteiger partial charge in [0.25, 0.3) is 0 Å². The molecule has 0 atom stereocenters.